The zero-order valence-corrected chi connectivity index (χ0v) is 16.5. The van der Waals surface area contributed by atoms with Gasteiger partial charge in [-0.3, -0.25) is 0 Å². The van der Waals surface area contributed by atoms with Crippen molar-refractivity contribution in [2.45, 2.75) is 25.8 Å². The Hall–Kier alpha value is -2.64. The smallest absolute Gasteiger partial charge is 0.235 e. The van der Waals surface area contributed by atoms with Crippen LogP contribution in [0.2, 0.25) is 0 Å². The van der Waals surface area contributed by atoms with Crippen LogP contribution in [0, 0.1) is 5.92 Å². The van der Waals surface area contributed by atoms with Crippen molar-refractivity contribution in [2.24, 2.45) is 5.92 Å². The minimum absolute atomic E-state index is 0.0919. The minimum Gasteiger partial charge on any atom is -0.492 e. The van der Waals surface area contributed by atoms with Gasteiger partial charge in [-0.1, -0.05) is 48.6 Å². The number of aromatic nitrogens is 3. The lowest BCUT2D eigenvalue weighted by Gasteiger charge is -2.33. The molecule has 0 aliphatic carbocycles. The van der Waals surface area contributed by atoms with Gasteiger partial charge in [0.05, 0.1) is 19.4 Å². The van der Waals surface area contributed by atoms with E-state index in [1.165, 1.54) is 34.6 Å². The summed E-state index contributed by atoms with van der Waals surface area (Å²) < 4.78 is 6.93. The number of benzene rings is 1. The standard InChI is InChI=1S/C21H22N4O2S/c1-14-9-11-24(12-10-14)17(15-6-3-2-4-7-15)18-20(26)25-21(28-18)22-19(23-25)16-8-5-13-27-16/h2-8,13-14,17,26H,9-12H2,1H3/p+1/t17-/m1/s1. The summed E-state index contributed by atoms with van der Waals surface area (Å²) >= 11 is 1.52. The Morgan fingerprint density at radius 3 is 2.64 bits per heavy atom. The van der Waals surface area contributed by atoms with Crippen molar-refractivity contribution in [2.75, 3.05) is 13.1 Å². The molecule has 3 aromatic heterocycles. The number of hydrogen-bond acceptors (Lipinski definition) is 5. The highest BCUT2D eigenvalue weighted by Gasteiger charge is 2.34. The summed E-state index contributed by atoms with van der Waals surface area (Å²) in [5, 5.41) is 15.5. The van der Waals surface area contributed by atoms with Crippen LogP contribution in [0.5, 0.6) is 5.88 Å². The van der Waals surface area contributed by atoms with Gasteiger partial charge in [0, 0.05) is 5.56 Å². The van der Waals surface area contributed by atoms with Crippen LogP contribution in [0.25, 0.3) is 16.5 Å². The molecule has 0 unspecified atom stereocenters. The number of hydrogen-bond donors (Lipinski definition) is 2. The summed E-state index contributed by atoms with van der Waals surface area (Å²) in [5.41, 5.74) is 1.22. The van der Waals surface area contributed by atoms with E-state index in [4.69, 9.17) is 4.42 Å². The number of nitrogens with zero attached hydrogens (tertiary/aromatic N) is 3. The van der Waals surface area contributed by atoms with Crippen LogP contribution >= 0.6 is 11.3 Å². The molecule has 1 aliphatic rings. The van der Waals surface area contributed by atoms with Gasteiger partial charge in [0.25, 0.3) is 0 Å². The highest BCUT2D eigenvalue weighted by Crippen LogP contribution is 2.36. The molecule has 0 bridgehead atoms. The van der Waals surface area contributed by atoms with Crippen LogP contribution in [-0.4, -0.2) is 32.8 Å². The first-order valence-corrected chi connectivity index (χ1v) is 10.5. The van der Waals surface area contributed by atoms with Crippen LogP contribution in [0.1, 0.15) is 36.2 Å². The molecule has 0 spiro atoms. The first-order chi connectivity index (χ1) is 13.7. The minimum atomic E-state index is 0.0919. The van der Waals surface area contributed by atoms with Crippen LogP contribution in [0.4, 0.5) is 0 Å². The second kappa shape index (κ2) is 7.07. The van der Waals surface area contributed by atoms with E-state index < -0.39 is 0 Å². The Labute approximate surface area is 167 Å². The number of aromatic hydroxyl groups is 1. The van der Waals surface area contributed by atoms with Crippen molar-refractivity contribution in [3.8, 4) is 17.5 Å². The van der Waals surface area contributed by atoms with E-state index in [9.17, 15) is 5.11 Å². The van der Waals surface area contributed by atoms with Gasteiger partial charge in [-0.05, 0) is 30.9 Å². The van der Waals surface area contributed by atoms with Crippen molar-refractivity contribution >= 4 is 16.3 Å². The molecule has 0 radical (unpaired) electrons. The molecule has 1 saturated heterocycles. The Balaban J connectivity index is 1.57. The van der Waals surface area contributed by atoms with Crippen LogP contribution in [-0.2, 0) is 0 Å². The van der Waals surface area contributed by atoms with Gasteiger partial charge in [0.2, 0.25) is 16.7 Å². The summed E-state index contributed by atoms with van der Waals surface area (Å²) in [4.78, 5) is 7.69. The molecule has 5 rings (SSSR count). The quantitative estimate of drug-likeness (QED) is 0.557. The fourth-order valence-corrected chi connectivity index (χ4v) is 5.23. The van der Waals surface area contributed by atoms with Gasteiger partial charge < -0.3 is 14.4 Å². The van der Waals surface area contributed by atoms with Gasteiger partial charge in [0.1, 0.15) is 4.88 Å². The Morgan fingerprint density at radius 2 is 1.96 bits per heavy atom. The van der Waals surface area contributed by atoms with Gasteiger partial charge in [0.15, 0.2) is 11.8 Å². The number of likely N-dealkylation sites (tertiary alicyclic amines) is 1. The highest BCUT2D eigenvalue weighted by molar-refractivity contribution is 7.17. The first-order valence-electron chi connectivity index (χ1n) is 9.72. The molecule has 4 aromatic rings. The molecule has 1 atom stereocenters. The maximum atomic E-state index is 11.0. The Bertz CT molecular complexity index is 1060. The molecule has 1 fully saturated rings. The zero-order valence-electron chi connectivity index (χ0n) is 15.7. The second-order valence-corrected chi connectivity index (χ2v) is 8.59. The monoisotopic (exact) mass is 395 g/mol. The molecule has 6 nitrogen and oxygen atoms in total. The first kappa shape index (κ1) is 17.5. The predicted octanol–water partition coefficient (Wildman–Crippen LogP) is 3.16. The van der Waals surface area contributed by atoms with E-state index in [1.54, 1.807) is 10.8 Å². The number of rotatable bonds is 4. The SMILES string of the molecule is CC1CC[NH+]([C@H](c2ccccc2)c2sc3nc(-c4ccco4)nn3c2O)CC1. The summed E-state index contributed by atoms with van der Waals surface area (Å²) in [6.45, 7) is 4.53. The van der Waals surface area contributed by atoms with Gasteiger partial charge in [-0.25, -0.2) is 0 Å². The van der Waals surface area contributed by atoms with Gasteiger partial charge >= 0.3 is 0 Å². The number of piperidine rings is 1. The van der Waals surface area contributed by atoms with Crippen molar-refractivity contribution in [1.82, 2.24) is 14.6 Å². The number of thiazole rings is 1. The van der Waals surface area contributed by atoms with Crippen molar-refractivity contribution < 1.29 is 14.4 Å². The van der Waals surface area contributed by atoms with Crippen molar-refractivity contribution in [3.05, 3.63) is 59.2 Å². The number of quaternary nitrogens is 1. The van der Waals surface area contributed by atoms with Crippen LogP contribution < -0.4 is 4.90 Å². The van der Waals surface area contributed by atoms with Crippen molar-refractivity contribution in [1.29, 1.82) is 0 Å². The topological polar surface area (TPSA) is 68.0 Å². The van der Waals surface area contributed by atoms with E-state index in [1.807, 2.05) is 18.2 Å². The number of furan rings is 1. The fourth-order valence-electron chi connectivity index (χ4n) is 4.09. The summed E-state index contributed by atoms with van der Waals surface area (Å²) in [6, 6.07) is 14.2. The Kier molecular flexibility index (Phi) is 4.41. The normalized spacial score (nSPS) is 21.2. The van der Waals surface area contributed by atoms with E-state index >= 15 is 0 Å². The Morgan fingerprint density at radius 1 is 1.18 bits per heavy atom. The molecule has 1 aliphatic heterocycles. The summed E-state index contributed by atoms with van der Waals surface area (Å²) in [6.07, 6.45) is 4.02. The van der Waals surface area contributed by atoms with Crippen LogP contribution in [0.3, 0.4) is 0 Å². The molecular formula is C21H23N4O2S+. The van der Waals surface area contributed by atoms with E-state index in [2.05, 4.69) is 41.3 Å². The third-order valence-corrected chi connectivity index (χ3v) is 6.75. The van der Waals surface area contributed by atoms with Crippen LogP contribution in [0.15, 0.2) is 53.1 Å². The third-order valence-electron chi connectivity index (χ3n) is 5.66. The van der Waals surface area contributed by atoms with E-state index in [0.717, 1.165) is 23.9 Å². The molecule has 1 aromatic carbocycles. The number of nitrogens with one attached hydrogen (secondary N) is 1. The summed E-state index contributed by atoms with van der Waals surface area (Å²) in [7, 11) is 0. The lowest BCUT2D eigenvalue weighted by Crippen LogP contribution is -3.13. The van der Waals surface area contributed by atoms with Gasteiger partial charge in [-0.15, -0.1) is 5.10 Å². The molecule has 0 amide bonds. The molecule has 4 heterocycles. The molecule has 2 N–H and O–H groups in total. The fraction of sp³-hybridized carbons (Fsp3) is 0.333. The molecule has 28 heavy (non-hydrogen) atoms. The third kappa shape index (κ3) is 3.00. The lowest BCUT2D eigenvalue weighted by atomic mass is 9.95. The molecular weight excluding hydrogens is 372 g/mol. The van der Waals surface area contributed by atoms with E-state index in [-0.39, 0.29) is 11.9 Å². The predicted molar refractivity (Wildman–Crippen MR) is 108 cm³/mol. The van der Waals surface area contributed by atoms with E-state index in [0.29, 0.717) is 16.5 Å². The second-order valence-electron chi connectivity index (χ2n) is 7.58. The zero-order chi connectivity index (χ0) is 19.1. The number of fused-ring (bicyclic) bond motifs is 1. The average Bonchev–Trinajstić information content (AvgIpc) is 3.43. The molecule has 0 saturated carbocycles. The molecule has 144 valence electrons. The molecule has 7 heteroatoms. The highest BCUT2D eigenvalue weighted by atomic mass is 32.1. The maximum absolute atomic E-state index is 11.0. The maximum Gasteiger partial charge on any atom is 0.235 e. The largest absolute Gasteiger partial charge is 0.492 e. The van der Waals surface area contributed by atoms with Crippen molar-refractivity contribution in [3.63, 3.8) is 0 Å². The summed E-state index contributed by atoms with van der Waals surface area (Å²) in [5.74, 6) is 2.05. The van der Waals surface area contributed by atoms with Gasteiger partial charge in [-0.2, -0.15) is 9.50 Å². The lowest BCUT2D eigenvalue weighted by molar-refractivity contribution is -0.931. The average molecular weight is 396 g/mol.